The van der Waals surface area contributed by atoms with E-state index in [2.05, 4.69) is 61.6 Å². The van der Waals surface area contributed by atoms with Crippen molar-refractivity contribution in [3.63, 3.8) is 0 Å². The van der Waals surface area contributed by atoms with Gasteiger partial charge >= 0.3 is 0 Å². The van der Waals surface area contributed by atoms with Gasteiger partial charge in [0.2, 0.25) is 0 Å². The fourth-order valence-corrected chi connectivity index (χ4v) is 3.68. The summed E-state index contributed by atoms with van der Waals surface area (Å²) in [4.78, 5) is 4.75. The van der Waals surface area contributed by atoms with Gasteiger partial charge in [-0.1, -0.05) is 43.3 Å². The van der Waals surface area contributed by atoms with E-state index < -0.39 is 0 Å². The van der Waals surface area contributed by atoms with Crippen molar-refractivity contribution in [3.8, 4) is 0 Å². The van der Waals surface area contributed by atoms with Crippen LogP contribution in [0.2, 0.25) is 0 Å². The summed E-state index contributed by atoms with van der Waals surface area (Å²) in [7, 11) is 0. The van der Waals surface area contributed by atoms with E-state index in [0.717, 1.165) is 18.5 Å². The Balaban J connectivity index is 1.90. The van der Waals surface area contributed by atoms with Crippen LogP contribution in [-0.2, 0) is 6.42 Å². The predicted molar refractivity (Wildman–Crippen MR) is 91.0 cm³/mol. The van der Waals surface area contributed by atoms with Gasteiger partial charge in [-0.3, -0.25) is 0 Å². The molecule has 0 bridgehead atoms. The predicted octanol–water partition coefficient (Wildman–Crippen LogP) is 4.56. The number of thiazole rings is 1. The van der Waals surface area contributed by atoms with Gasteiger partial charge in [-0.15, -0.1) is 11.3 Å². The zero-order valence-corrected chi connectivity index (χ0v) is 13.3. The monoisotopic (exact) mass is 296 g/mol. The van der Waals surface area contributed by atoms with Gasteiger partial charge in [0.25, 0.3) is 0 Å². The molecule has 0 aliphatic rings. The molecular formula is C18H20N2S. The summed E-state index contributed by atoms with van der Waals surface area (Å²) >= 11 is 1.79. The second kappa shape index (κ2) is 6.37. The molecule has 1 unspecified atom stereocenters. The number of rotatable bonds is 5. The summed E-state index contributed by atoms with van der Waals surface area (Å²) in [5.74, 6) is 0. The second-order valence-electron chi connectivity index (χ2n) is 5.23. The van der Waals surface area contributed by atoms with Crippen LogP contribution >= 0.6 is 11.3 Å². The van der Waals surface area contributed by atoms with Crippen LogP contribution < -0.4 is 5.32 Å². The first kappa shape index (κ1) is 14.2. The zero-order valence-electron chi connectivity index (χ0n) is 12.5. The van der Waals surface area contributed by atoms with E-state index in [1.165, 1.54) is 20.8 Å². The van der Waals surface area contributed by atoms with Gasteiger partial charge in [-0.05, 0) is 36.7 Å². The lowest BCUT2D eigenvalue weighted by atomic mass is 9.99. The first-order valence-corrected chi connectivity index (χ1v) is 8.25. The molecule has 0 radical (unpaired) electrons. The molecule has 1 N–H and O–H groups in total. The SMILES string of the molecule is CCNC(C)c1ccccc1Cc1nc2ccccc2s1. The van der Waals surface area contributed by atoms with E-state index in [9.17, 15) is 0 Å². The molecule has 1 heterocycles. The minimum atomic E-state index is 0.376. The molecule has 0 spiro atoms. The van der Waals surface area contributed by atoms with Crippen molar-refractivity contribution in [1.82, 2.24) is 10.3 Å². The van der Waals surface area contributed by atoms with Crippen LogP contribution in [0.25, 0.3) is 10.2 Å². The van der Waals surface area contributed by atoms with Gasteiger partial charge in [0.1, 0.15) is 0 Å². The summed E-state index contributed by atoms with van der Waals surface area (Å²) < 4.78 is 1.27. The number of para-hydroxylation sites is 1. The minimum absolute atomic E-state index is 0.376. The Morgan fingerprint density at radius 3 is 2.67 bits per heavy atom. The Hall–Kier alpha value is -1.71. The molecule has 0 saturated carbocycles. The zero-order chi connectivity index (χ0) is 14.7. The molecule has 1 aromatic heterocycles. The van der Waals surface area contributed by atoms with E-state index in [0.29, 0.717) is 6.04 Å². The molecular weight excluding hydrogens is 276 g/mol. The maximum absolute atomic E-state index is 4.75. The number of nitrogens with zero attached hydrogens (tertiary/aromatic N) is 1. The molecule has 3 aromatic rings. The molecule has 21 heavy (non-hydrogen) atoms. The highest BCUT2D eigenvalue weighted by Gasteiger charge is 2.11. The van der Waals surface area contributed by atoms with Crippen LogP contribution in [-0.4, -0.2) is 11.5 Å². The summed E-state index contributed by atoms with van der Waals surface area (Å²) in [5, 5.41) is 4.68. The van der Waals surface area contributed by atoms with Crippen LogP contribution in [0.5, 0.6) is 0 Å². The summed E-state index contributed by atoms with van der Waals surface area (Å²) in [5.41, 5.74) is 3.85. The Bertz CT molecular complexity index is 700. The number of fused-ring (bicyclic) bond motifs is 1. The largest absolute Gasteiger partial charge is 0.310 e. The van der Waals surface area contributed by atoms with Crippen molar-refractivity contribution in [2.24, 2.45) is 0 Å². The molecule has 3 heteroatoms. The maximum atomic E-state index is 4.75. The fraction of sp³-hybridized carbons (Fsp3) is 0.278. The Morgan fingerprint density at radius 2 is 1.86 bits per heavy atom. The third kappa shape index (κ3) is 3.14. The Morgan fingerprint density at radius 1 is 1.10 bits per heavy atom. The lowest BCUT2D eigenvalue weighted by Gasteiger charge is -2.16. The molecule has 0 amide bonds. The topological polar surface area (TPSA) is 24.9 Å². The van der Waals surface area contributed by atoms with E-state index >= 15 is 0 Å². The normalized spacial score (nSPS) is 12.7. The van der Waals surface area contributed by atoms with Crippen molar-refractivity contribution < 1.29 is 0 Å². The van der Waals surface area contributed by atoms with Crippen LogP contribution in [0.3, 0.4) is 0 Å². The lowest BCUT2D eigenvalue weighted by molar-refractivity contribution is 0.594. The average molecular weight is 296 g/mol. The molecule has 108 valence electrons. The van der Waals surface area contributed by atoms with Gasteiger partial charge in [0.15, 0.2) is 0 Å². The summed E-state index contributed by atoms with van der Waals surface area (Å²) in [6.45, 7) is 5.35. The van der Waals surface area contributed by atoms with E-state index in [4.69, 9.17) is 4.98 Å². The van der Waals surface area contributed by atoms with Gasteiger partial charge in [0, 0.05) is 12.5 Å². The van der Waals surface area contributed by atoms with Gasteiger partial charge in [-0.25, -0.2) is 4.98 Å². The van der Waals surface area contributed by atoms with E-state index in [1.807, 2.05) is 6.07 Å². The van der Waals surface area contributed by atoms with Crippen molar-refractivity contribution in [2.45, 2.75) is 26.3 Å². The van der Waals surface area contributed by atoms with Crippen LogP contribution in [0.15, 0.2) is 48.5 Å². The highest BCUT2D eigenvalue weighted by atomic mass is 32.1. The Labute approximate surface area is 129 Å². The molecule has 2 nitrogen and oxygen atoms in total. The Kier molecular flexibility index (Phi) is 4.32. The molecule has 0 aliphatic carbocycles. The van der Waals surface area contributed by atoms with Crippen molar-refractivity contribution >= 4 is 21.6 Å². The molecule has 0 saturated heterocycles. The van der Waals surface area contributed by atoms with Gasteiger partial charge < -0.3 is 5.32 Å². The lowest BCUT2D eigenvalue weighted by Crippen LogP contribution is -2.19. The third-order valence-electron chi connectivity index (χ3n) is 3.71. The molecule has 1 atom stereocenters. The number of benzene rings is 2. The quantitative estimate of drug-likeness (QED) is 0.746. The third-order valence-corrected chi connectivity index (χ3v) is 4.75. The number of aromatic nitrogens is 1. The highest BCUT2D eigenvalue weighted by Crippen LogP contribution is 2.26. The molecule has 3 rings (SSSR count). The standard InChI is InChI=1S/C18H20N2S/c1-3-19-13(2)15-9-5-4-8-14(15)12-18-20-16-10-6-7-11-17(16)21-18/h4-11,13,19H,3,12H2,1-2H3. The molecule has 0 aliphatic heterocycles. The summed E-state index contributed by atoms with van der Waals surface area (Å²) in [6, 6.07) is 17.4. The first-order valence-electron chi connectivity index (χ1n) is 7.43. The van der Waals surface area contributed by atoms with Gasteiger partial charge in [0.05, 0.1) is 15.2 Å². The van der Waals surface area contributed by atoms with E-state index in [1.54, 1.807) is 11.3 Å². The fourth-order valence-electron chi connectivity index (χ4n) is 2.69. The maximum Gasteiger partial charge on any atom is 0.0982 e. The average Bonchev–Trinajstić information content (AvgIpc) is 2.90. The first-order chi connectivity index (χ1) is 10.3. The number of hydrogen-bond acceptors (Lipinski definition) is 3. The number of hydrogen-bond donors (Lipinski definition) is 1. The van der Waals surface area contributed by atoms with Crippen LogP contribution in [0.4, 0.5) is 0 Å². The summed E-state index contributed by atoms with van der Waals surface area (Å²) in [6.07, 6.45) is 0.908. The van der Waals surface area contributed by atoms with E-state index in [-0.39, 0.29) is 0 Å². The molecule has 0 fully saturated rings. The smallest absolute Gasteiger partial charge is 0.0982 e. The van der Waals surface area contributed by atoms with Crippen molar-refractivity contribution in [1.29, 1.82) is 0 Å². The van der Waals surface area contributed by atoms with Crippen LogP contribution in [0, 0.1) is 0 Å². The van der Waals surface area contributed by atoms with Crippen molar-refractivity contribution in [2.75, 3.05) is 6.54 Å². The van der Waals surface area contributed by atoms with Crippen molar-refractivity contribution in [3.05, 3.63) is 64.7 Å². The molecule has 2 aromatic carbocycles. The van der Waals surface area contributed by atoms with Crippen LogP contribution in [0.1, 0.15) is 36.0 Å². The minimum Gasteiger partial charge on any atom is -0.310 e. The highest BCUT2D eigenvalue weighted by molar-refractivity contribution is 7.18. The van der Waals surface area contributed by atoms with Gasteiger partial charge in [-0.2, -0.15) is 0 Å². The number of nitrogens with one attached hydrogen (secondary N) is 1. The second-order valence-corrected chi connectivity index (χ2v) is 6.35.